The SMILES string of the molecule is Cc1ccc(N2CCCC2)c(C(=O)N2CCCC(CN3CCN(c4ccccn4)CC3)C2)c1. The van der Waals surface area contributed by atoms with Gasteiger partial charge >= 0.3 is 0 Å². The molecule has 33 heavy (non-hydrogen) atoms. The Morgan fingerprint density at radius 1 is 0.939 bits per heavy atom. The van der Waals surface area contributed by atoms with E-state index in [1.807, 2.05) is 12.3 Å². The number of carbonyl (C=O) groups excluding carboxylic acids is 1. The van der Waals surface area contributed by atoms with Gasteiger partial charge in [0.15, 0.2) is 0 Å². The van der Waals surface area contributed by atoms with E-state index in [9.17, 15) is 4.79 Å². The number of aryl methyl sites for hydroxylation is 1. The minimum Gasteiger partial charge on any atom is -0.371 e. The lowest BCUT2D eigenvalue weighted by molar-refractivity contribution is 0.0637. The smallest absolute Gasteiger partial charge is 0.255 e. The Morgan fingerprint density at radius 3 is 2.52 bits per heavy atom. The zero-order valence-corrected chi connectivity index (χ0v) is 20.0. The number of piperidine rings is 1. The molecular formula is C27H37N5O. The van der Waals surface area contributed by atoms with Crippen LogP contribution in [0.1, 0.15) is 41.6 Å². The highest BCUT2D eigenvalue weighted by Crippen LogP contribution is 2.29. The average molecular weight is 448 g/mol. The predicted octanol–water partition coefficient (Wildman–Crippen LogP) is 3.66. The maximum Gasteiger partial charge on any atom is 0.255 e. The van der Waals surface area contributed by atoms with Crippen LogP contribution in [0.2, 0.25) is 0 Å². The second kappa shape index (κ2) is 10.1. The van der Waals surface area contributed by atoms with Crippen molar-refractivity contribution in [3.8, 4) is 0 Å². The van der Waals surface area contributed by atoms with Gasteiger partial charge in [-0.3, -0.25) is 9.69 Å². The third-order valence-corrected chi connectivity index (χ3v) is 7.50. The summed E-state index contributed by atoms with van der Waals surface area (Å²) in [6.07, 6.45) is 6.65. The van der Waals surface area contributed by atoms with E-state index in [1.54, 1.807) is 0 Å². The fourth-order valence-corrected chi connectivity index (χ4v) is 5.69. The fraction of sp³-hybridized carbons (Fsp3) is 0.556. The lowest BCUT2D eigenvalue weighted by Gasteiger charge is -2.40. The van der Waals surface area contributed by atoms with Crippen molar-refractivity contribution in [2.75, 3.05) is 68.7 Å². The summed E-state index contributed by atoms with van der Waals surface area (Å²) in [5.74, 6) is 1.87. The molecule has 0 spiro atoms. The van der Waals surface area contributed by atoms with Gasteiger partial charge in [0.25, 0.3) is 5.91 Å². The van der Waals surface area contributed by atoms with Crippen LogP contribution in [0.15, 0.2) is 42.6 Å². The first-order valence-corrected chi connectivity index (χ1v) is 12.7. The molecule has 1 unspecified atom stereocenters. The van der Waals surface area contributed by atoms with Crippen LogP contribution in [0.3, 0.4) is 0 Å². The minimum absolute atomic E-state index is 0.227. The molecule has 0 aliphatic carbocycles. The molecule has 3 fully saturated rings. The third-order valence-electron chi connectivity index (χ3n) is 7.50. The molecule has 5 rings (SSSR count). The maximum atomic E-state index is 13.6. The zero-order valence-electron chi connectivity index (χ0n) is 20.0. The molecular weight excluding hydrogens is 410 g/mol. The standard InChI is InChI=1S/C27H37N5O/c1-22-9-10-25(30-12-4-5-13-30)24(19-22)27(33)32-14-6-7-23(21-32)20-29-15-17-31(18-16-29)26-8-2-3-11-28-26/h2-3,8-11,19,23H,4-7,12-18,20-21H2,1H3. The maximum absolute atomic E-state index is 13.6. The van der Waals surface area contributed by atoms with E-state index in [1.165, 1.54) is 24.8 Å². The van der Waals surface area contributed by atoms with Crippen LogP contribution in [0.25, 0.3) is 0 Å². The van der Waals surface area contributed by atoms with Gasteiger partial charge in [-0.1, -0.05) is 17.7 Å². The van der Waals surface area contributed by atoms with E-state index in [0.29, 0.717) is 5.92 Å². The number of hydrogen-bond acceptors (Lipinski definition) is 5. The molecule has 0 radical (unpaired) electrons. The molecule has 3 saturated heterocycles. The van der Waals surface area contributed by atoms with Crippen molar-refractivity contribution in [3.05, 3.63) is 53.7 Å². The number of nitrogens with zero attached hydrogens (tertiary/aromatic N) is 5. The first-order valence-electron chi connectivity index (χ1n) is 12.7. The van der Waals surface area contributed by atoms with Gasteiger partial charge in [-0.2, -0.15) is 0 Å². The van der Waals surface area contributed by atoms with Gasteiger partial charge in [-0.25, -0.2) is 4.98 Å². The number of pyridine rings is 1. The monoisotopic (exact) mass is 447 g/mol. The van der Waals surface area contributed by atoms with Crippen LogP contribution in [-0.2, 0) is 0 Å². The first kappa shape index (κ1) is 22.2. The molecule has 0 bridgehead atoms. The van der Waals surface area contributed by atoms with Crippen LogP contribution in [-0.4, -0.2) is 79.6 Å². The van der Waals surface area contributed by atoms with Crippen LogP contribution in [0, 0.1) is 12.8 Å². The van der Waals surface area contributed by atoms with E-state index in [4.69, 9.17) is 0 Å². The Hall–Kier alpha value is -2.60. The number of carbonyl (C=O) groups is 1. The molecule has 2 aromatic rings. The lowest BCUT2D eigenvalue weighted by atomic mass is 9.96. The molecule has 1 atom stereocenters. The van der Waals surface area contributed by atoms with Gasteiger partial charge in [0.2, 0.25) is 0 Å². The normalized spacial score (nSPS) is 22.1. The van der Waals surface area contributed by atoms with E-state index in [2.05, 4.69) is 61.8 Å². The summed E-state index contributed by atoms with van der Waals surface area (Å²) in [5.41, 5.74) is 3.21. The van der Waals surface area contributed by atoms with Gasteiger partial charge in [0.05, 0.1) is 5.56 Å². The summed E-state index contributed by atoms with van der Waals surface area (Å²) in [7, 11) is 0. The van der Waals surface area contributed by atoms with E-state index >= 15 is 0 Å². The Balaban J connectivity index is 1.19. The van der Waals surface area contributed by atoms with Crippen LogP contribution >= 0.6 is 0 Å². The molecule has 0 saturated carbocycles. The number of piperazine rings is 1. The molecule has 176 valence electrons. The number of aromatic nitrogens is 1. The largest absolute Gasteiger partial charge is 0.371 e. The summed E-state index contributed by atoms with van der Waals surface area (Å²) >= 11 is 0. The van der Waals surface area contributed by atoms with Gasteiger partial charge in [-0.05, 0) is 62.8 Å². The van der Waals surface area contributed by atoms with Crippen molar-refractivity contribution in [3.63, 3.8) is 0 Å². The van der Waals surface area contributed by atoms with Crippen LogP contribution in [0.4, 0.5) is 11.5 Å². The minimum atomic E-state index is 0.227. The fourth-order valence-electron chi connectivity index (χ4n) is 5.69. The number of rotatable bonds is 5. The molecule has 1 aromatic carbocycles. The summed E-state index contributed by atoms with van der Waals surface area (Å²) in [4.78, 5) is 27.6. The molecule has 6 nitrogen and oxygen atoms in total. The number of amides is 1. The van der Waals surface area contributed by atoms with E-state index in [0.717, 1.165) is 82.4 Å². The Labute approximate surface area is 198 Å². The summed E-state index contributed by atoms with van der Waals surface area (Å²) < 4.78 is 0. The quantitative estimate of drug-likeness (QED) is 0.700. The van der Waals surface area contributed by atoms with Gasteiger partial charge in [0.1, 0.15) is 5.82 Å². The zero-order chi connectivity index (χ0) is 22.6. The second-order valence-electron chi connectivity index (χ2n) is 9.95. The van der Waals surface area contributed by atoms with Crippen molar-refractivity contribution < 1.29 is 4.79 Å². The van der Waals surface area contributed by atoms with Crippen molar-refractivity contribution in [1.29, 1.82) is 0 Å². The average Bonchev–Trinajstić information content (AvgIpc) is 3.40. The van der Waals surface area contributed by atoms with Gasteiger partial charge in [-0.15, -0.1) is 0 Å². The highest BCUT2D eigenvalue weighted by Gasteiger charge is 2.29. The third kappa shape index (κ3) is 5.16. The van der Waals surface area contributed by atoms with Gasteiger partial charge < -0.3 is 14.7 Å². The summed E-state index contributed by atoms with van der Waals surface area (Å²) in [6.45, 7) is 11.3. The first-order chi connectivity index (χ1) is 16.2. The van der Waals surface area contributed by atoms with Crippen molar-refractivity contribution in [2.45, 2.75) is 32.6 Å². The van der Waals surface area contributed by atoms with Crippen molar-refractivity contribution in [2.24, 2.45) is 5.92 Å². The predicted molar refractivity (Wildman–Crippen MR) is 134 cm³/mol. The molecule has 6 heteroatoms. The van der Waals surface area contributed by atoms with E-state index in [-0.39, 0.29) is 5.91 Å². The Bertz CT molecular complexity index is 935. The highest BCUT2D eigenvalue weighted by molar-refractivity contribution is 6.00. The number of hydrogen-bond donors (Lipinski definition) is 0. The topological polar surface area (TPSA) is 42.9 Å². The molecule has 3 aliphatic rings. The Morgan fingerprint density at radius 2 is 1.76 bits per heavy atom. The van der Waals surface area contributed by atoms with Crippen molar-refractivity contribution >= 4 is 17.4 Å². The number of benzene rings is 1. The summed E-state index contributed by atoms with van der Waals surface area (Å²) in [5, 5.41) is 0. The lowest BCUT2D eigenvalue weighted by Crippen LogP contribution is -2.50. The van der Waals surface area contributed by atoms with Gasteiger partial charge in [0, 0.05) is 70.8 Å². The second-order valence-corrected chi connectivity index (χ2v) is 9.95. The highest BCUT2D eigenvalue weighted by atomic mass is 16.2. The van der Waals surface area contributed by atoms with Crippen LogP contribution < -0.4 is 9.80 Å². The Kier molecular flexibility index (Phi) is 6.81. The number of anilines is 2. The molecule has 3 aliphatic heterocycles. The summed E-state index contributed by atoms with van der Waals surface area (Å²) in [6, 6.07) is 12.6. The molecule has 0 N–H and O–H groups in total. The van der Waals surface area contributed by atoms with Crippen molar-refractivity contribution in [1.82, 2.24) is 14.8 Å². The number of likely N-dealkylation sites (tertiary alicyclic amines) is 1. The molecule has 4 heterocycles. The van der Waals surface area contributed by atoms with Crippen LogP contribution in [0.5, 0.6) is 0 Å². The molecule has 1 aromatic heterocycles. The van der Waals surface area contributed by atoms with E-state index < -0.39 is 0 Å². The molecule has 1 amide bonds.